The highest BCUT2D eigenvalue weighted by molar-refractivity contribution is 9.10. The molecule has 0 saturated carbocycles. The molecule has 2 atom stereocenters. The van der Waals surface area contributed by atoms with E-state index < -0.39 is 6.04 Å². The van der Waals surface area contributed by atoms with Crippen LogP contribution in [0.2, 0.25) is 10.0 Å². The number of ether oxygens (including phenoxy) is 1. The number of nitrogens with one attached hydrogen (secondary N) is 1. The summed E-state index contributed by atoms with van der Waals surface area (Å²) in [7, 11) is 0. The van der Waals surface area contributed by atoms with Gasteiger partial charge in [0.05, 0.1) is 14.5 Å². The lowest BCUT2D eigenvalue weighted by Crippen LogP contribution is -2.53. The van der Waals surface area contributed by atoms with Crippen molar-refractivity contribution in [2.45, 2.75) is 71.5 Å². The fraction of sp³-hybridized carbons (Fsp3) is 0.375. The molecule has 0 aliphatic rings. The van der Waals surface area contributed by atoms with Crippen LogP contribution in [0.3, 0.4) is 0 Å². The average Bonchev–Trinajstić information content (AvgIpc) is 2.91. The molecular weight excluding hydrogens is 611 g/mol. The van der Waals surface area contributed by atoms with E-state index in [2.05, 4.69) is 42.0 Å². The third kappa shape index (κ3) is 8.98. The third-order valence-electron chi connectivity index (χ3n) is 6.76. The van der Waals surface area contributed by atoms with Crippen LogP contribution in [0.25, 0.3) is 0 Å². The highest BCUT2D eigenvalue weighted by atomic mass is 79.9. The van der Waals surface area contributed by atoms with Crippen molar-refractivity contribution in [1.82, 2.24) is 10.2 Å². The molecule has 0 heterocycles. The van der Waals surface area contributed by atoms with Crippen molar-refractivity contribution in [3.05, 3.63) is 97.9 Å². The Morgan fingerprint density at radius 2 is 1.68 bits per heavy atom. The lowest BCUT2D eigenvalue weighted by atomic mass is 9.87. The second-order valence-electron chi connectivity index (χ2n) is 11.0. The average molecular weight is 648 g/mol. The van der Waals surface area contributed by atoms with Gasteiger partial charge in [-0.25, -0.2) is 0 Å². The van der Waals surface area contributed by atoms with Gasteiger partial charge in [0, 0.05) is 19.0 Å². The number of rotatable bonds is 11. The molecule has 0 bridgehead atoms. The van der Waals surface area contributed by atoms with Gasteiger partial charge in [0.2, 0.25) is 5.91 Å². The van der Waals surface area contributed by atoms with Gasteiger partial charge in [-0.2, -0.15) is 0 Å². The van der Waals surface area contributed by atoms with E-state index in [1.54, 1.807) is 17.0 Å². The van der Waals surface area contributed by atoms with Crippen molar-refractivity contribution in [3.8, 4) is 5.75 Å². The molecule has 0 aliphatic carbocycles. The monoisotopic (exact) mass is 646 g/mol. The summed E-state index contributed by atoms with van der Waals surface area (Å²) in [5.74, 6) is 0.0138. The zero-order valence-electron chi connectivity index (χ0n) is 23.6. The first kappa shape index (κ1) is 32.0. The maximum Gasteiger partial charge on any atom is 0.261 e. The first-order valence-electron chi connectivity index (χ1n) is 13.4. The van der Waals surface area contributed by atoms with Crippen molar-refractivity contribution in [2.24, 2.45) is 0 Å². The molecule has 0 saturated heterocycles. The summed E-state index contributed by atoms with van der Waals surface area (Å²) < 4.78 is 6.76. The topological polar surface area (TPSA) is 58.6 Å². The Bertz CT molecular complexity index is 1310. The number of amides is 2. The number of carbonyl (C=O) groups is 2. The Morgan fingerprint density at radius 1 is 0.975 bits per heavy atom. The molecule has 8 heteroatoms. The van der Waals surface area contributed by atoms with E-state index in [1.165, 1.54) is 0 Å². The van der Waals surface area contributed by atoms with E-state index in [1.807, 2.05) is 68.4 Å². The van der Waals surface area contributed by atoms with Crippen LogP contribution in [0.4, 0.5) is 0 Å². The first-order chi connectivity index (χ1) is 18.9. The minimum Gasteiger partial charge on any atom is -0.483 e. The summed E-state index contributed by atoms with van der Waals surface area (Å²) >= 11 is 16.0. The zero-order chi connectivity index (χ0) is 29.4. The predicted molar refractivity (Wildman–Crippen MR) is 167 cm³/mol. The van der Waals surface area contributed by atoms with Crippen LogP contribution in [0.15, 0.2) is 71.2 Å². The molecule has 3 rings (SSSR count). The van der Waals surface area contributed by atoms with Crippen LogP contribution in [0.5, 0.6) is 5.75 Å². The summed E-state index contributed by atoms with van der Waals surface area (Å²) in [5, 5.41) is 3.87. The quantitative estimate of drug-likeness (QED) is 0.230. The van der Waals surface area contributed by atoms with Crippen LogP contribution >= 0.6 is 39.1 Å². The molecule has 3 aromatic rings. The second kappa shape index (κ2) is 14.4. The Kier molecular flexibility index (Phi) is 11.5. The second-order valence-corrected chi connectivity index (χ2v) is 12.6. The molecule has 214 valence electrons. The van der Waals surface area contributed by atoms with Crippen molar-refractivity contribution >= 4 is 50.9 Å². The Hall–Kier alpha value is -2.54. The van der Waals surface area contributed by atoms with Gasteiger partial charge in [0.25, 0.3) is 5.91 Å². The summed E-state index contributed by atoms with van der Waals surface area (Å²) in [6.07, 6.45) is 1.12. The standard InChI is InChI=1S/C32H37BrCl2N2O3/c1-6-21(2)36-31(39)28(17-22-10-8-7-9-11-22)37(19-23-12-14-26(34)27(35)16-23)30(38)20-40-29-15-13-24(18-25(29)33)32(3,4)5/h7-16,18,21,28H,6,17,19-20H2,1-5H3,(H,36,39)/t21-,28+/m0/s1. The number of benzene rings is 3. The van der Waals surface area contributed by atoms with Crippen LogP contribution in [0.1, 0.15) is 57.7 Å². The van der Waals surface area contributed by atoms with Crippen molar-refractivity contribution in [1.29, 1.82) is 0 Å². The minimum atomic E-state index is -0.770. The molecular formula is C32H37BrCl2N2O3. The number of carbonyl (C=O) groups excluding carboxylic acids is 2. The smallest absolute Gasteiger partial charge is 0.261 e. The van der Waals surface area contributed by atoms with Gasteiger partial charge < -0.3 is 15.0 Å². The van der Waals surface area contributed by atoms with E-state index >= 15 is 0 Å². The summed E-state index contributed by atoms with van der Waals surface area (Å²) in [4.78, 5) is 29.1. The number of nitrogens with zero attached hydrogens (tertiary/aromatic N) is 1. The molecule has 3 aromatic carbocycles. The molecule has 1 N–H and O–H groups in total. The highest BCUT2D eigenvalue weighted by Crippen LogP contribution is 2.32. The van der Waals surface area contributed by atoms with Crippen molar-refractivity contribution in [3.63, 3.8) is 0 Å². The minimum absolute atomic E-state index is 0.0266. The van der Waals surface area contributed by atoms with Crippen LogP contribution in [0, 0.1) is 0 Å². The zero-order valence-corrected chi connectivity index (χ0v) is 26.7. The molecule has 0 fully saturated rings. The third-order valence-corrected chi connectivity index (χ3v) is 8.12. The van der Waals surface area contributed by atoms with Gasteiger partial charge in [-0.3, -0.25) is 9.59 Å². The van der Waals surface area contributed by atoms with Crippen LogP contribution < -0.4 is 10.1 Å². The van der Waals surface area contributed by atoms with Crippen LogP contribution in [-0.4, -0.2) is 35.4 Å². The van der Waals surface area contributed by atoms with Gasteiger partial charge in [-0.1, -0.05) is 93.4 Å². The number of halogens is 3. The van der Waals surface area contributed by atoms with E-state index in [4.69, 9.17) is 27.9 Å². The maximum absolute atomic E-state index is 13.8. The van der Waals surface area contributed by atoms with Gasteiger partial charge >= 0.3 is 0 Å². The van der Waals surface area contributed by atoms with Gasteiger partial charge in [-0.15, -0.1) is 0 Å². The van der Waals surface area contributed by atoms with Crippen molar-refractivity contribution < 1.29 is 14.3 Å². The fourth-order valence-corrected chi connectivity index (χ4v) is 4.95. The van der Waals surface area contributed by atoms with E-state index in [0.29, 0.717) is 22.2 Å². The normalized spacial score (nSPS) is 12.9. The molecule has 5 nitrogen and oxygen atoms in total. The SMILES string of the molecule is CC[C@H](C)NC(=O)[C@@H](Cc1ccccc1)N(Cc1ccc(Cl)c(Cl)c1)C(=O)COc1ccc(C(C)(C)C)cc1Br. The van der Waals surface area contributed by atoms with Gasteiger partial charge in [-0.05, 0) is 75.6 Å². The lowest BCUT2D eigenvalue weighted by molar-refractivity contribution is -0.143. The number of hydrogen-bond acceptors (Lipinski definition) is 3. The van der Waals surface area contributed by atoms with E-state index in [0.717, 1.165) is 27.6 Å². The Labute approximate surface area is 256 Å². The Morgan fingerprint density at radius 3 is 2.27 bits per heavy atom. The molecule has 40 heavy (non-hydrogen) atoms. The highest BCUT2D eigenvalue weighted by Gasteiger charge is 2.31. The molecule has 0 spiro atoms. The van der Waals surface area contributed by atoms with Crippen LogP contribution in [-0.2, 0) is 28.0 Å². The maximum atomic E-state index is 13.8. The summed E-state index contributed by atoms with van der Waals surface area (Å²) in [6, 6.07) is 19.9. The summed E-state index contributed by atoms with van der Waals surface area (Å²) in [6.45, 7) is 10.3. The first-order valence-corrected chi connectivity index (χ1v) is 14.9. The fourth-order valence-electron chi connectivity index (χ4n) is 4.14. The summed E-state index contributed by atoms with van der Waals surface area (Å²) in [5.41, 5.74) is 2.82. The molecule has 0 radical (unpaired) electrons. The van der Waals surface area contributed by atoms with E-state index in [-0.39, 0.29) is 36.4 Å². The van der Waals surface area contributed by atoms with Gasteiger partial charge in [0.15, 0.2) is 6.61 Å². The van der Waals surface area contributed by atoms with E-state index in [9.17, 15) is 9.59 Å². The molecule has 0 unspecified atom stereocenters. The molecule has 0 aliphatic heterocycles. The predicted octanol–water partition coefficient (Wildman–Crippen LogP) is 7.99. The largest absolute Gasteiger partial charge is 0.483 e. The molecule has 2 amide bonds. The van der Waals surface area contributed by atoms with Gasteiger partial charge in [0.1, 0.15) is 11.8 Å². The number of hydrogen-bond donors (Lipinski definition) is 1. The Balaban J connectivity index is 1.94. The van der Waals surface area contributed by atoms with Crippen molar-refractivity contribution in [2.75, 3.05) is 6.61 Å². The molecule has 0 aromatic heterocycles. The lowest BCUT2D eigenvalue weighted by Gasteiger charge is -2.32.